The second kappa shape index (κ2) is 40.5. The van der Waals surface area contributed by atoms with E-state index >= 15 is 0 Å². The van der Waals surface area contributed by atoms with Crippen LogP contribution in [0.4, 0.5) is 11.5 Å². The van der Waals surface area contributed by atoms with Gasteiger partial charge in [-0.2, -0.15) is 0 Å². The van der Waals surface area contributed by atoms with Gasteiger partial charge in [0.15, 0.2) is 0 Å². The fourth-order valence-corrected chi connectivity index (χ4v) is 9.60. The summed E-state index contributed by atoms with van der Waals surface area (Å²) in [6.45, 7) is 68.5. The number of nitrogens with one attached hydrogen (secondary N) is 4. The summed E-state index contributed by atoms with van der Waals surface area (Å²) < 4.78 is 34.6. The Hall–Kier alpha value is -5.42. The largest absolute Gasteiger partial charge is 0.494 e. The van der Waals surface area contributed by atoms with Gasteiger partial charge in [-0.1, -0.05) is 96.1 Å². The van der Waals surface area contributed by atoms with E-state index in [0.29, 0.717) is 31.4 Å². The zero-order valence-corrected chi connectivity index (χ0v) is 65.3. The molecular formula is C80H137N9O6. The molecule has 5 aromatic rings. The van der Waals surface area contributed by atoms with Crippen LogP contribution in [0.1, 0.15) is 232 Å². The molecule has 15 heteroatoms. The van der Waals surface area contributed by atoms with Gasteiger partial charge < -0.3 is 49.7 Å². The monoisotopic (exact) mass is 1320 g/mol. The third-order valence-corrected chi connectivity index (χ3v) is 13.7. The van der Waals surface area contributed by atoms with Crippen LogP contribution >= 0.6 is 0 Å². The highest BCUT2D eigenvalue weighted by Crippen LogP contribution is 2.30. The van der Waals surface area contributed by atoms with E-state index in [2.05, 4.69) is 224 Å². The fraction of sp³-hybridized carbons (Fsp3) is 0.675. The van der Waals surface area contributed by atoms with E-state index in [1.807, 2.05) is 101 Å². The summed E-state index contributed by atoms with van der Waals surface area (Å²) in [4.78, 5) is 20.4. The minimum absolute atomic E-state index is 0.0111. The topological polar surface area (TPSA) is 158 Å². The molecule has 0 radical (unpaired) electrons. The van der Waals surface area contributed by atoms with Crippen molar-refractivity contribution in [1.82, 2.24) is 35.5 Å². The summed E-state index contributed by atoms with van der Waals surface area (Å²) in [5.74, 6) is 3.26. The number of rotatable bonds is 23. The predicted molar refractivity (Wildman–Crippen MR) is 404 cm³/mol. The first-order chi connectivity index (χ1) is 44.0. The van der Waals surface area contributed by atoms with Crippen LogP contribution < -0.4 is 35.5 Å². The van der Waals surface area contributed by atoms with Crippen LogP contribution in [0.2, 0.25) is 0 Å². The fourth-order valence-electron chi connectivity index (χ4n) is 9.60. The molecule has 3 aromatic heterocycles. The number of pyridine rings is 2. The molecule has 1 saturated heterocycles. The summed E-state index contributed by atoms with van der Waals surface area (Å²) in [6.07, 6.45) is 12.8. The van der Waals surface area contributed by atoms with Gasteiger partial charge in [-0.3, -0.25) is 14.9 Å². The van der Waals surface area contributed by atoms with Crippen molar-refractivity contribution in [2.75, 3.05) is 76.5 Å². The normalized spacial score (nSPS) is 16.1. The minimum atomic E-state index is -0.0348. The van der Waals surface area contributed by atoms with E-state index in [-0.39, 0.29) is 44.0 Å². The Morgan fingerprint density at radius 3 is 1.37 bits per heavy atom. The Balaban J connectivity index is 0.000000430. The lowest BCUT2D eigenvalue weighted by Crippen LogP contribution is -2.53. The number of anilines is 2. The van der Waals surface area contributed by atoms with Crippen molar-refractivity contribution in [2.45, 2.75) is 277 Å². The Morgan fingerprint density at radius 2 is 0.958 bits per heavy atom. The number of aromatic nitrogens is 4. The van der Waals surface area contributed by atoms with Crippen LogP contribution in [0, 0.1) is 10.8 Å². The van der Waals surface area contributed by atoms with Crippen molar-refractivity contribution in [3.05, 3.63) is 103 Å². The van der Waals surface area contributed by atoms with Gasteiger partial charge in [0.1, 0.15) is 23.4 Å². The SMILES string of the molecule is CC.CC.CC(C)(C)COCCCOc1ccc(-c2ccc(NC(C)(C)C)cn2)cc1.CC(C)(C)COCCCOc1ccc(-c2cnc(NC(C)(C)C)cn2)cc1.CC(C)(C)NC1CC(Oc2ccc(C(C)(C)C)cn2)C1.CC(C)(C)N[C@H]1CCN(CCOC(C)(C)C)C1. The highest BCUT2D eigenvalue weighted by molar-refractivity contribution is 5.62. The van der Waals surface area contributed by atoms with Gasteiger partial charge >= 0.3 is 0 Å². The third kappa shape index (κ3) is 41.4. The summed E-state index contributed by atoms with van der Waals surface area (Å²) in [5, 5.41) is 14.0. The van der Waals surface area contributed by atoms with Crippen LogP contribution in [0.3, 0.4) is 0 Å². The molecule has 1 atom stereocenters. The molecule has 4 heterocycles. The zero-order valence-electron chi connectivity index (χ0n) is 65.3. The van der Waals surface area contributed by atoms with Gasteiger partial charge in [-0.25, -0.2) is 9.97 Å². The number of benzene rings is 2. The van der Waals surface area contributed by atoms with Crippen molar-refractivity contribution in [3.63, 3.8) is 0 Å². The van der Waals surface area contributed by atoms with Crippen LogP contribution in [0.15, 0.2) is 97.6 Å². The van der Waals surface area contributed by atoms with Gasteiger partial charge in [0.25, 0.3) is 0 Å². The van der Waals surface area contributed by atoms with E-state index in [1.165, 1.54) is 18.5 Å². The molecule has 0 spiro atoms. The molecule has 4 N–H and O–H groups in total. The van der Waals surface area contributed by atoms with Crippen molar-refractivity contribution in [3.8, 4) is 39.9 Å². The van der Waals surface area contributed by atoms with Gasteiger partial charge in [-0.15, -0.1) is 0 Å². The van der Waals surface area contributed by atoms with Gasteiger partial charge in [-0.05, 0) is 212 Å². The van der Waals surface area contributed by atoms with Crippen LogP contribution in [-0.2, 0) is 19.6 Å². The predicted octanol–water partition coefficient (Wildman–Crippen LogP) is 19.0. The van der Waals surface area contributed by atoms with Crippen molar-refractivity contribution in [2.24, 2.45) is 10.8 Å². The molecule has 0 bridgehead atoms. The highest BCUT2D eigenvalue weighted by atomic mass is 16.5. The molecular weight excluding hydrogens is 1180 g/mol. The Morgan fingerprint density at radius 1 is 0.463 bits per heavy atom. The van der Waals surface area contributed by atoms with Gasteiger partial charge in [0.2, 0.25) is 5.88 Å². The van der Waals surface area contributed by atoms with E-state index in [9.17, 15) is 0 Å². The van der Waals surface area contributed by atoms with Crippen LogP contribution in [0.5, 0.6) is 17.4 Å². The summed E-state index contributed by atoms with van der Waals surface area (Å²) >= 11 is 0. The molecule has 1 saturated carbocycles. The highest BCUT2D eigenvalue weighted by Gasteiger charge is 2.33. The van der Waals surface area contributed by atoms with E-state index < -0.39 is 0 Å². The first-order valence-electron chi connectivity index (χ1n) is 35.6. The molecule has 0 amide bonds. The van der Waals surface area contributed by atoms with Crippen LogP contribution in [0.25, 0.3) is 22.5 Å². The van der Waals surface area contributed by atoms with E-state index in [4.69, 9.17) is 28.4 Å². The maximum atomic E-state index is 5.91. The summed E-state index contributed by atoms with van der Waals surface area (Å²) in [7, 11) is 0. The van der Waals surface area contributed by atoms with Crippen LogP contribution in [-0.4, -0.2) is 137 Å². The quantitative estimate of drug-likeness (QED) is 0.0458. The zero-order chi connectivity index (χ0) is 71.9. The number of hydrogen-bond acceptors (Lipinski definition) is 15. The first kappa shape index (κ1) is 85.7. The second-order valence-electron chi connectivity index (χ2n) is 33.2. The molecule has 538 valence electrons. The van der Waals surface area contributed by atoms with Crippen molar-refractivity contribution < 1.29 is 28.4 Å². The van der Waals surface area contributed by atoms with E-state index in [1.54, 1.807) is 12.4 Å². The second-order valence-corrected chi connectivity index (χ2v) is 33.2. The van der Waals surface area contributed by atoms with E-state index in [0.717, 1.165) is 123 Å². The van der Waals surface area contributed by atoms with Crippen molar-refractivity contribution >= 4 is 11.5 Å². The maximum absolute atomic E-state index is 5.91. The molecule has 95 heavy (non-hydrogen) atoms. The number of hydrogen-bond donors (Lipinski definition) is 4. The lowest BCUT2D eigenvalue weighted by molar-refractivity contribution is -0.0111. The molecule has 0 unspecified atom stereocenters. The Labute approximate surface area is 580 Å². The Bertz CT molecular complexity index is 2640. The lowest BCUT2D eigenvalue weighted by Gasteiger charge is -2.39. The molecule has 2 aliphatic rings. The summed E-state index contributed by atoms with van der Waals surface area (Å²) in [6, 6.07) is 25.5. The average molecular weight is 1320 g/mol. The number of likely N-dealkylation sites (tertiary alicyclic amines) is 1. The molecule has 1 aliphatic heterocycles. The summed E-state index contributed by atoms with van der Waals surface area (Å²) in [5.41, 5.74) is 7.12. The van der Waals surface area contributed by atoms with Crippen molar-refractivity contribution in [1.29, 1.82) is 0 Å². The molecule has 1 aliphatic carbocycles. The minimum Gasteiger partial charge on any atom is -0.494 e. The number of nitrogens with zero attached hydrogens (tertiary/aromatic N) is 5. The first-order valence-corrected chi connectivity index (χ1v) is 35.6. The molecule has 2 aromatic carbocycles. The molecule has 15 nitrogen and oxygen atoms in total. The number of ether oxygens (including phenoxy) is 6. The average Bonchev–Trinajstić information content (AvgIpc) is 1.40. The third-order valence-electron chi connectivity index (χ3n) is 13.7. The smallest absolute Gasteiger partial charge is 0.213 e. The lowest BCUT2D eigenvalue weighted by atomic mass is 9.87. The standard InChI is InChI=1S/C23H34N2O2.C22H33N3O2.C17H28N2O.C14H30N2O.2C2H6/c1-22(2,3)17-26-14-7-15-27-20-11-8-18(9-12-20)21-13-10-19(16-24-21)25-23(4,5)6;1-21(2,3)16-26-12-7-13-27-18-10-8-17(9-11-18)19-14-24-20(15-23-19)25-22(4,5)6;1-16(2,3)12-7-8-15(18-11-12)20-14-9-13(10-14)19-17(4,5)6;1-13(2,3)15-12-7-8-16(11-12)9-10-17-14(4,5)6;2*1-2/h8-13,16,25H,7,14-15,17H2,1-6H3;8-11,14-15H,7,12-13,16H2,1-6H3,(H,24,25);7-8,11,13-14,19H,9-10H2,1-6H3;12,15H,7-11H2,1-6H3;2*1-2H3/t;;;12-;;/m...0../s1. The van der Waals surface area contributed by atoms with Gasteiger partial charge in [0, 0.05) is 96.8 Å². The molecule has 7 rings (SSSR count). The maximum Gasteiger partial charge on any atom is 0.213 e. The molecule has 2 fully saturated rings. The van der Waals surface area contributed by atoms with Gasteiger partial charge in [0.05, 0.1) is 74.3 Å². The Kier molecular flexibility index (Phi) is 36.5.